The highest BCUT2D eigenvalue weighted by Crippen LogP contribution is 2.44. The Morgan fingerprint density at radius 3 is 1.41 bits per heavy atom. The van der Waals surface area contributed by atoms with E-state index in [1.807, 2.05) is 0 Å². The molecule has 0 fully saturated rings. The Kier molecular flexibility index (Phi) is 17.6. The second kappa shape index (κ2) is 26.0. The number of phenolic OH excluding ortho intramolecular Hbond substituents is 2. The molecule has 4 heterocycles. The van der Waals surface area contributed by atoms with Gasteiger partial charge in [0.15, 0.2) is 10.9 Å². The Labute approximate surface area is 483 Å². The van der Waals surface area contributed by atoms with Gasteiger partial charge in [-0.2, -0.15) is 0 Å². The quantitative estimate of drug-likeness (QED) is 0.0171. The van der Waals surface area contributed by atoms with Gasteiger partial charge in [0, 0.05) is 116 Å². The molecule has 0 unspecified atom stereocenters. The molecule has 0 bridgehead atoms. The number of carbonyl (C=O) groups is 6. The maximum Gasteiger partial charge on any atom is 0.336 e. The number of nitrogens with one attached hydrogen (secondary N) is 4. The van der Waals surface area contributed by atoms with Gasteiger partial charge in [0.1, 0.15) is 34.2 Å². The van der Waals surface area contributed by atoms with Gasteiger partial charge in [-0.25, -0.2) is 9.59 Å². The second-order valence-corrected chi connectivity index (χ2v) is 18.7. The van der Waals surface area contributed by atoms with E-state index >= 15 is 0 Å². The number of fused-ring (bicyclic) bond motifs is 4. The van der Waals surface area contributed by atoms with Crippen LogP contribution in [0.5, 0.6) is 11.5 Å². The first-order valence-electron chi connectivity index (χ1n) is 25.7. The molecular weight excluding hydrogens is 1110 g/mol. The number of anilines is 2. The number of amides is 4. The number of aromatic nitrogens is 2. The van der Waals surface area contributed by atoms with Gasteiger partial charge in [0.25, 0.3) is 11.8 Å². The molecule has 4 aliphatic rings. The number of carboxylic acids is 2. The Morgan fingerprint density at radius 1 is 0.500 bits per heavy atom. The SMILES string of the molecule is [N-]=[N+]=NCc1ccc(NC(=O)CCNC(=O)c2ccc(-c3c4ccc(=O)cc-4oc4cc(O)ccc34)c(C(=O)O)c2)cn1.[N-]=[N+]=NCc1ccc(NC(=O)CCNC(=O)c2ccc(C(=O)O)c(-c3c4ccc(=O)cc-4oc4cc(O)ccc34)c2)cn1. The van der Waals surface area contributed by atoms with Crippen LogP contribution in [0, 0.1) is 0 Å². The van der Waals surface area contributed by atoms with E-state index in [4.69, 9.17) is 19.9 Å². The van der Waals surface area contributed by atoms with Gasteiger partial charge in [-0.05, 0) is 125 Å². The van der Waals surface area contributed by atoms with Gasteiger partial charge >= 0.3 is 11.9 Å². The lowest BCUT2D eigenvalue weighted by atomic mass is 9.89. The molecular formula is C60H44N12O14. The van der Waals surface area contributed by atoms with Crippen molar-refractivity contribution in [1.29, 1.82) is 0 Å². The highest BCUT2D eigenvalue weighted by atomic mass is 16.4. The molecule has 4 amide bonds. The fourth-order valence-electron chi connectivity index (χ4n) is 9.08. The molecule has 2 aliphatic heterocycles. The molecule has 10 rings (SSSR count). The summed E-state index contributed by atoms with van der Waals surface area (Å²) in [5, 5.41) is 58.4. The lowest BCUT2D eigenvalue weighted by Crippen LogP contribution is -2.28. The van der Waals surface area contributed by atoms with Crippen LogP contribution < -0.4 is 32.1 Å². The zero-order valence-electron chi connectivity index (χ0n) is 44.5. The van der Waals surface area contributed by atoms with Gasteiger partial charge in [-0.1, -0.05) is 16.3 Å². The summed E-state index contributed by atoms with van der Waals surface area (Å²) in [5.41, 5.74) is 20.7. The molecule has 0 saturated carbocycles. The van der Waals surface area contributed by atoms with Crippen LogP contribution in [0.15, 0.2) is 175 Å². The molecule has 2 aromatic heterocycles. The second-order valence-electron chi connectivity index (χ2n) is 18.7. The maximum atomic E-state index is 13.1. The number of aromatic carboxylic acids is 2. The van der Waals surface area contributed by atoms with Gasteiger partial charge in [-0.3, -0.25) is 38.7 Å². The molecule has 4 aromatic carbocycles. The summed E-state index contributed by atoms with van der Waals surface area (Å²) in [6.07, 6.45) is 2.73. The molecule has 0 radical (unpaired) electrons. The standard InChI is InChI=1S/2C30H22N6O7/c31-36-34-15-17-2-3-18(14-33-17)35-27(39)9-10-32-29(40)16-1-6-21(30(41)42)24(11-16)28-22-7-4-19(37)12-25(22)43-26-13-20(38)5-8-23(26)28;31-36-34-15-17-2-3-18(14-33-17)35-27(39)9-10-32-29(40)16-1-6-21(24(11-16)30(41)42)28-22-7-4-19(37)12-25(22)43-26-13-20(38)5-8-23(26)28/h2*1-8,11-14,37H,9-10,15H2,(H,32,40)(H,35,39)(H,41,42). The number of rotatable bonds is 18. The van der Waals surface area contributed by atoms with Crippen LogP contribution in [0.4, 0.5) is 11.4 Å². The molecule has 86 heavy (non-hydrogen) atoms. The first-order valence-corrected chi connectivity index (χ1v) is 25.7. The van der Waals surface area contributed by atoms with Crippen molar-refractivity contribution in [3.63, 3.8) is 0 Å². The zero-order valence-corrected chi connectivity index (χ0v) is 44.5. The van der Waals surface area contributed by atoms with E-state index < -0.39 is 23.8 Å². The smallest absolute Gasteiger partial charge is 0.336 e. The Balaban J connectivity index is 0.000000205. The average Bonchev–Trinajstić information content (AvgIpc) is 0.899. The number of pyridine rings is 2. The van der Waals surface area contributed by atoms with E-state index in [-0.39, 0.29) is 129 Å². The summed E-state index contributed by atoms with van der Waals surface area (Å²) in [4.78, 5) is 113. The molecule has 26 heteroatoms. The Bertz CT molecular complexity index is 4500. The van der Waals surface area contributed by atoms with Crippen molar-refractivity contribution in [3.8, 4) is 56.4 Å². The van der Waals surface area contributed by atoms with Crippen LogP contribution in [0.1, 0.15) is 65.7 Å². The van der Waals surface area contributed by atoms with Crippen molar-refractivity contribution in [3.05, 3.63) is 221 Å². The summed E-state index contributed by atoms with van der Waals surface area (Å²) in [6, 6.07) is 31.7. The number of benzene rings is 6. The predicted molar refractivity (Wildman–Crippen MR) is 312 cm³/mol. The van der Waals surface area contributed by atoms with Gasteiger partial charge in [0.2, 0.25) is 11.8 Å². The number of aromatic hydroxyl groups is 2. The number of carboxylic acid groups (broad SMARTS) is 2. The number of nitrogens with zero attached hydrogens (tertiary/aromatic N) is 8. The van der Waals surface area contributed by atoms with E-state index in [0.29, 0.717) is 55.8 Å². The third-order valence-corrected chi connectivity index (χ3v) is 13.0. The van der Waals surface area contributed by atoms with Crippen molar-refractivity contribution in [2.24, 2.45) is 10.2 Å². The number of hydrogen-bond donors (Lipinski definition) is 8. The summed E-state index contributed by atoms with van der Waals surface area (Å²) in [7, 11) is 0. The van der Waals surface area contributed by atoms with E-state index in [9.17, 15) is 58.8 Å². The highest BCUT2D eigenvalue weighted by molar-refractivity contribution is 6.11. The molecule has 8 N–H and O–H groups in total. The molecule has 6 aromatic rings. The number of carbonyl (C=O) groups excluding carboxylic acids is 4. The Hall–Kier alpha value is -12.4. The predicted octanol–water partition coefficient (Wildman–Crippen LogP) is 9.86. The van der Waals surface area contributed by atoms with Crippen LogP contribution in [0.3, 0.4) is 0 Å². The topological polar surface area (TPSA) is 415 Å². The summed E-state index contributed by atoms with van der Waals surface area (Å²) in [6.45, 7) is 0.142. The lowest BCUT2D eigenvalue weighted by Gasteiger charge is -2.17. The fourth-order valence-corrected chi connectivity index (χ4v) is 9.08. The van der Waals surface area contributed by atoms with Crippen LogP contribution >= 0.6 is 0 Å². The molecule has 26 nitrogen and oxygen atoms in total. The zero-order chi connectivity index (χ0) is 61.0. The minimum absolute atomic E-state index is 0.00922. The van der Waals surface area contributed by atoms with Gasteiger partial charge < -0.3 is 50.5 Å². The van der Waals surface area contributed by atoms with Crippen molar-refractivity contribution < 1.29 is 58.0 Å². The van der Waals surface area contributed by atoms with Crippen LogP contribution in [-0.4, -0.2) is 79.1 Å². The van der Waals surface area contributed by atoms with Crippen LogP contribution in [-0.2, 0) is 22.7 Å². The fraction of sp³-hybridized carbons (Fsp3) is 0.100. The first-order chi connectivity index (χ1) is 41.5. The molecule has 0 spiro atoms. The van der Waals surface area contributed by atoms with Crippen LogP contribution in [0.2, 0.25) is 0 Å². The highest BCUT2D eigenvalue weighted by Gasteiger charge is 2.26. The molecule has 0 atom stereocenters. The number of phenols is 2. The van der Waals surface area contributed by atoms with E-state index in [2.05, 4.69) is 51.3 Å². The lowest BCUT2D eigenvalue weighted by molar-refractivity contribution is -0.116. The van der Waals surface area contributed by atoms with Crippen molar-refractivity contribution in [2.45, 2.75) is 25.9 Å². The largest absolute Gasteiger partial charge is 0.508 e. The average molecular weight is 1160 g/mol. The van der Waals surface area contributed by atoms with Crippen molar-refractivity contribution in [1.82, 2.24) is 20.6 Å². The van der Waals surface area contributed by atoms with Gasteiger partial charge in [0.05, 0.1) is 48.0 Å². The minimum Gasteiger partial charge on any atom is -0.508 e. The Morgan fingerprint density at radius 2 is 0.953 bits per heavy atom. The third kappa shape index (κ3) is 13.7. The number of azide groups is 2. The van der Waals surface area contributed by atoms with Crippen LogP contribution in [0.25, 0.3) is 87.7 Å². The normalized spacial score (nSPS) is 10.7. The maximum absolute atomic E-state index is 13.1. The number of hydrogen-bond acceptors (Lipinski definition) is 16. The van der Waals surface area contributed by atoms with Crippen molar-refractivity contribution in [2.75, 3.05) is 23.7 Å². The minimum atomic E-state index is -1.29. The third-order valence-electron chi connectivity index (χ3n) is 13.0. The van der Waals surface area contributed by atoms with E-state index in [1.54, 1.807) is 36.4 Å². The molecule has 428 valence electrons. The molecule has 2 aliphatic carbocycles. The summed E-state index contributed by atoms with van der Waals surface area (Å²) >= 11 is 0. The van der Waals surface area contributed by atoms with E-state index in [0.717, 1.165) is 0 Å². The summed E-state index contributed by atoms with van der Waals surface area (Å²) < 4.78 is 11.7. The summed E-state index contributed by atoms with van der Waals surface area (Å²) in [5.74, 6) is -4.18. The molecule has 0 saturated heterocycles. The van der Waals surface area contributed by atoms with E-state index in [1.165, 1.54) is 109 Å². The van der Waals surface area contributed by atoms with Crippen molar-refractivity contribution >= 4 is 68.9 Å². The van der Waals surface area contributed by atoms with Gasteiger partial charge in [-0.15, -0.1) is 0 Å². The first kappa shape index (κ1) is 58.3. The monoisotopic (exact) mass is 1160 g/mol.